The van der Waals surface area contributed by atoms with Crippen LogP contribution in [0, 0.1) is 10.8 Å². The molecule has 2 N–H and O–H groups in total. The van der Waals surface area contributed by atoms with Crippen LogP contribution in [0.2, 0.25) is 5.02 Å². The molecule has 2 unspecified atom stereocenters. The van der Waals surface area contributed by atoms with E-state index < -0.39 is 34.7 Å². The van der Waals surface area contributed by atoms with E-state index in [-0.39, 0.29) is 30.1 Å². The maximum atomic E-state index is 14.7. The number of nitrogens with one attached hydrogen (secondary N) is 1. The van der Waals surface area contributed by atoms with E-state index in [9.17, 15) is 19.5 Å². The van der Waals surface area contributed by atoms with Crippen LogP contribution in [0.3, 0.4) is 0 Å². The first-order valence-electron chi connectivity index (χ1n) is 14.2. The number of nitrogens with zero attached hydrogens (tertiary/aromatic N) is 1. The highest BCUT2D eigenvalue weighted by atomic mass is 35.5. The lowest BCUT2D eigenvalue weighted by molar-refractivity contribution is -0.164. The summed E-state index contributed by atoms with van der Waals surface area (Å²) in [6, 6.07) is 16.2. The number of aliphatic carboxylic acids is 1. The van der Waals surface area contributed by atoms with Crippen molar-refractivity contribution in [3.63, 3.8) is 0 Å². The molecule has 0 aromatic heterocycles. The molecule has 0 aliphatic carbocycles. The van der Waals surface area contributed by atoms with Gasteiger partial charge in [0, 0.05) is 47.0 Å². The maximum Gasteiger partial charge on any atom is 0.344 e. The molecule has 222 valence electrons. The fourth-order valence-electron chi connectivity index (χ4n) is 7.14. The molecule has 0 spiro atoms. The van der Waals surface area contributed by atoms with Crippen LogP contribution in [0.5, 0.6) is 5.75 Å². The molecule has 0 bridgehead atoms. The van der Waals surface area contributed by atoms with Crippen molar-refractivity contribution < 1.29 is 29.0 Å². The predicted octanol–water partition coefficient (Wildman–Crippen LogP) is 5.52. The molecule has 0 saturated carbocycles. The summed E-state index contributed by atoms with van der Waals surface area (Å²) >= 11 is 6.63. The van der Waals surface area contributed by atoms with E-state index in [1.54, 1.807) is 13.2 Å². The molecule has 3 aromatic rings. The van der Waals surface area contributed by atoms with Crippen LogP contribution in [0.15, 0.2) is 54.6 Å². The van der Waals surface area contributed by atoms with Crippen LogP contribution in [0.25, 0.3) is 10.8 Å². The second-order valence-corrected chi connectivity index (χ2v) is 13.0. The molecule has 2 aliphatic rings. The van der Waals surface area contributed by atoms with Gasteiger partial charge in [-0.3, -0.25) is 9.59 Å². The molecular weight excluding hydrogens is 556 g/mol. The van der Waals surface area contributed by atoms with Crippen molar-refractivity contribution in [3.05, 3.63) is 70.7 Å². The van der Waals surface area contributed by atoms with Gasteiger partial charge in [-0.1, -0.05) is 62.7 Å². The number of fused-ring (bicyclic) bond motifs is 2. The van der Waals surface area contributed by atoms with Gasteiger partial charge in [-0.25, -0.2) is 9.28 Å². The molecule has 9 heteroatoms. The van der Waals surface area contributed by atoms with E-state index in [0.29, 0.717) is 35.0 Å². The Kier molecular flexibility index (Phi) is 7.96. The van der Waals surface area contributed by atoms with E-state index >= 15 is 0 Å². The highest BCUT2D eigenvalue weighted by molar-refractivity contribution is 6.30. The van der Waals surface area contributed by atoms with Gasteiger partial charge in [0.15, 0.2) is 17.8 Å². The lowest BCUT2D eigenvalue weighted by atomic mass is 9.70. The number of ketones is 1. The third-order valence-electron chi connectivity index (χ3n) is 8.77. The van der Waals surface area contributed by atoms with Gasteiger partial charge in [0.1, 0.15) is 23.6 Å². The molecule has 8 nitrogen and oxygen atoms in total. The van der Waals surface area contributed by atoms with Gasteiger partial charge in [0.25, 0.3) is 0 Å². The fourth-order valence-corrected chi connectivity index (χ4v) is 7.32. The number of hydrogen-bond acceptors (Lipinski definition) is 6. The Morgan fingerprint density at radius 2 is 1.83 bits per heavy atom. The Balaban J connectivity index is 1.85. The number of halogens is 1. The second-order valence-electron chi connectivity index (χ2n) is 12.6. The van der Waals surface area contributed by atoms with E-state index in [1.165, 1.54) is 6.92 Å². The zero-order valence-electron chi connectivity index (χ0n) is 24.7. The number of carbonyl (C=O) groups is 3. The Morgan fingerprint density at radius 1 is 1.12 bits per heavy atom. The summed E-state index contributed by atoms with van der Waals surface area (Å²) in [5.74, 6) is -1.28. The molecule has 0 radical (unpaired) electrons. The van der Waals surface area contributed by atoms with Crippen molar-refractivity contribution in [1.29, 1.82) is 0 Å². The molecular formula is C33H38ClN2O6+. The van der Waals surface area contributed by atoms with Crippen molar-refractivity contribution in [2.75, 3.05) is 33.4 Å². The van der Waals surface area contributed by atoms with Crippen molar-refractivity contribution in [2.24, 2.45) is 10.8 Å². The summed E-state index contributed by atoms with van der Waals surface area (Å²) < 4.78 is 11.8. The van der Waals surface area contributed by atoms with Crippen LogP contribution in [0.1, 0.15) is 51.3 Å². The fraction of sp³-hybridized carbons (Fsp3) is 0.424. The minimum Gasteiger partial charge on any atom is -0.496 e. The summed E-state index contributed by atoms with van der Waals surface area (Å²) in [4.78, 5) is 41.2. The van der Waals surface area contributed by atoms with Gasteiger partial charge in [-0.05, 0) is 36.1 Å². The highest BCUT2D eigenvalue weighted by Crippen LogP contribution is 2.50. The number of benzene rings is 3. The van der Waals surface area contributed by atoms with Crippen LogP contribution in [-0.2, 0) is 19.1 Å². The summed E-state index contributed by atoms with van der Waals surface area (Å²) in [7, 11) is 1.62. The van der Waals surface area contributed by atoms with Gasteiger partial charge in [0.05, 0.1) is 13.7 Å². The number of carbonyl (C=O) groups excluding carboxylic acids is 2. The van der Waals surface area contributed by atoms with E-state index in [2.05, 4.69) is 5.32 Å². The average molecular weight is 594 g/mol. The summed E-state index contributed by atoms with van der Waals surface area (Å²) in [5.41, 5.74) is -0.122. The molecule has 2 aliphatic heterocycles. The molecule has 1 amide bonds. The van der Waals surface area contributed by atoms with Crippen LogP contribution in [0.4, 0.5) is 5.69 Å². The number of Topliss-reactive ketones (excluding diaryl/α,β-unsaturated/α-hetero) is 1. The Morgan fingerprint density at radius 3 is 2.48 bits per heavy atom. The third-order valence-corrected chi connectivity index (χ3v) is 9.01. The van der Waals surface area contributed by atoms with Crippen molar-refractivity contribution in [2.45, 2.75) is 46.3 Å². The monoisotopic (exact) mass is 593 g/mol. The molecule has 2 heterocycles. The Bertz CT molecular complexity index is 1550. The molecule has 1 saturated heterocycles. The van der Waals surface area contributed by atoms with Crippen LogP contribution < -0.4 is 14.5 Å². The smallest absolute Gasteiger partial charge is 0.344 e. The number of carboxylic acid groups (broad SMARTS) is 1. The number of rotatable bonds is 6. The van der Waals surface area contributed by atoms with E-state index in [0.717, 1.165) is 16.3 Å². The number of quaternary nitrogens is 1. The Hall–Kier alpha value is -3.30. The first kappa shape index (κ1) is 30.2. The molecule has 5 rings (SSSR count). The standard InChI is InChI=1S/C33H37ClN2O6/c1-20(37)33(31(39)40)18-35-15-14-28(33)36(19-32(2,3)4)26-12-10-21(34)16-25(26)30(42-17-29(36)38)24-11-13-27(41-5)23-9-7-6-8-22(23)24/h6-13,16,28,30,35H,14-15,17-19H2,1-5H3/p+1/t28-,30?,33+,36?/m1/s1. The normalized spacial score (nSPS) is 26.4. The minimum absolute atomic E-state index is 0.0594. The molecule has 3 aromatic carbocycles. The second kappa shape index (κ2) is 11.1. The summed E-state index contributed by atoms with van der Waals surface area (Å²) in [5, 5.41) is 16.1. The lowest BCUT2D eigenvalue weighted by Gasteiger charge is -2.51. The number of methoxy groups -OCH3 is 1. The molecule has 4 atom stereocenters. The topological polar surface area (TPSA) is 102 Å². The quantitative estimate of drug-likeness (QED) is 0.286. The summed E-state index contributed by atoms with van der Waals surface area (Å²) in [6.45, 7) is 7.79. The maximum absolute atomic E-state index is 14.7. The number of carboxylic acids is 1. The zero-order chi connectivity index (χ0) is 30.4. The van der Waals surface area contributed by atoms with Crippen LogP contribution >= 0.6 is 11.6 Å². The lowest BCUT2D eigenvalue weighted by Crippen LogP contribution is -2.75. The minimum atomic E-state index is -1.82. The summed E-state index contributed by atoms with van der Waals surface area (Å²) in [6.07, 6.45) is -0.372. The van der Waals surface area contributed by atoms with Crippen molar-refractivity contribution >= 4 is 45.7 Å². The molecule has 42 heavy (non-hydrogen) atoms. The first-order chi connectivity index (χ1) is 19.9. The van der Waals surface area contributed by atoms with Crippen molar-refractivity contribution in [3.8, 4) is 5.75 Å². The van der Waals surface area contributed by atoms with E-state index in [4.69, 9.17) is 21.1 Å². The van der Waals surface area contributed by atoms with Gasteiger partial charge in [-0.2, -0.15) is 0 Å². The van der Waals surface area contributed by atoms with Crippen LogP contribution in [-0.4, -0.2) is 62.2 Å². The van der Waals surface area contributed by atoms with Gasteiger partial charge in [-0.15, -0.1) is 0 Å². The van der Waals surface area contributed by atoms with E-state index in [1.807, 2.05) is 69.3 Å². The Labute approximate surface area is 251 Å². The van der Waals surface area contributed by atoms with Gasteiger partial charge in [0.2, 0.25) is 0 Å². The third kappa shape index (κ3) is 4.80. The number of ether oxygens (including phenoxy) is 2. The highest BCUT2D eigenvalue weighted by Gasteiger charge is 2.65. The number of amides is 1. The number of hydrogen-bond donors (Lipinski definition) is 2. The largest absolute Gasteiger partial charge is 0.496 e. The average Bonchev–Trinajstić information content (AvgIpc) is 3.05. The SMILES string of the molecule is COc1ccc(C2OCC(=O)[N+](CC(C)(C)C)([C@@H]3CCNC[C@@]3(C(C)=O)C(=O)O)c3ccc(Cl)cc32)c2ccccc12. The van der Waals surface area contributed by atoms with Gasteiger partial charge >= 0.3 is 11.9 Å². The molecule has 1 fully saturated rings. The number of piperidine rings is 1. The van der Waals surface area contributed by atoms with Crippen molar-refractivity contribution in [1.82, 2.24) is 9.80 Å². The van der Waals surface area contributed by atoms with Gasteiger partial charge < -0.3 is 19.9 Å². The first-order valence-corrected chi connectivity index (χ1v) is 14.6. The zero-order valence-corrected chi connectivity index (χ0v) is 25.5. The predicted molar refractivity (Wildman–Crippen MR) is 163 cm³/mol.